The van der Waals surface area contributed by atoms with Gasteiger partial charge in [0.15, 0.2) is 0 Å². The van der Waals surface area contributed by atoms with Gasteiger partial charge in [0.2, 0.25) is 0 Å². The molecule has 0 saturated heterocycles. The molecular formula is C12H17BrFNO. The molecule has 0 aliphatic carbocycles. The van der Waals surface area contributed by atoms with Crippen LogP contribution in [-0.4, -0.2) is 29.2 Å². The zero-order valence-electron chi connectivity index (χ0n) is 9.58. The zero-order chi connectivity index (χ0) is 12.1. The predicted molar refractivity (Wildman–Crippen MR) is 66.7 cm³/mol. The topological polar surface area (TPSA) is 23.5 Å². The number of aliphatic hydroxyl groups excluding tert-OH is 1. The highest BCUT2D eigenvalue weighted by Gasteiger charge is 2.12. The predicted octanol–water partition coefficient (Wildman–Crippen LogP) is 2.79. The lowest BCUT2D eigenvalue weighted by Crippen LogP contribution is -2.33. The Balaban J connectivity index is 2.80. The number of halogens is 2. The van der Waals surface area contributed by atoms with Crippen LogP contribution in [0.4, 0.5) is 4.39 Å². The van der Waals surface area contributed by atoms with Crippen molar-refractivity contribution >= 4 is 15.9 Å². The van der Waals surface area contributed by atoms with Crippen LogP contribution in [0.15, 0.2) is 22.7 Å². The zero-order valence-corrected chi connectivity index (χ0v) is 11.2. The number of rotatable bonds is 5. The molecule has 90 valence electrons. The summed E-state index contributed by atoms with van der Waals surface area (Å²) in [6.45, 7) is 5.23. The second-order valence-electron chi connectivity index (χ2n) is 4.02. The summed E-state index contributed by atoms with van der Waals surface area (Å²) in [7, 11) is 0. The van der Waals surface area contributed by atoms with Crippen molar-refractivity contribution in [2.75, 3.05) is 13.2 Å². The Labute approximate surface area is 104 Å². The molecule has 0 bridgehead atoms. The van der Waals surface area contributed by atoms with Crippen molar-refractivity contribution in [3.05, 3.63) is 34.1 Å². The first-order chi connectivity index (χ1) is 7.54. The van der Waals surface area contributed by atoms with Crippen molar-refractivity contribution in [2.24, 2.45) is 0 Å². The molecular weight excluding hydrogens is 273 g/mol. The fourth-order valence-electron chi connectivity index (χ4n) is 1.53. The van der Waals surface area contributed by atoms with Crippen molar-refractivity contribution < 1.29 is 9.50 Å². The molecule has 0 fully saturated rings. The SMILES string of the molecule is CC(C)N(CCO)Cc1cc(Br)ccc1F. The molecule has 0 aromatic heterocycles. The Morgan fingerprint density at radius 3 is 2.69 bits per heavy atom. The highest BCUT2D eigenvalue weighted by atomic mass is 79.9. The van der Waals surface area contributed by atoms with Crippen LogP contribution in [0.25, 0.3) is 0 Å². The van der Waals surface area contributed by atoms with Crippen LogP contribution >= 0.6 is 15.9 Å². The molecule has 0 unspecified atom stereocenters. The molecule has 1 aromatic rings. The van der Waals surface area contributed by atoms with E-state index in [1.165, 1.54) is 6.07 Å². The third kappa shape index (κ3) is 3.85. The van der Waals surface area contributed by atoms with Gasteiger partial charge in [-0.2, -0.15) is 0 Å². The first kappa shape index (κ1) is 13.6. The first-order valence-electron chi connectivity index (χ1n) is 5.33. The van der Waals surface area contributed by atoms with Gasteiger partial charge in [0.05, 0.1) is 6.61 Å². The number of hydrogen-bond donors (Lipinski definition) is 1. The minimum atomic E-state index is -0.202. The maximum Gasteiger partial charge on any atom is 0.127 e. The van der Waals surface area contributed by atoms with Crippen molar-refractivity contribution in [1.82, 2.24) is 4.90 Å². The van der Waals surface area contributed by atoms with Crippen molar-refractivity contribution in [3.63, 3.8) is 0 Å². The first-order valence-corrected chi connectivity index (χ1v) is 6.12. The smallest absolute Gasteiger partial charge is 0.127 e. The van der Waals surface area contributed by atoms with Gasteiger partial charge in [0.25, 0.3) is 0 Å². The van der Waals surface area contributed by atoms with Gasteiger partial charge in [0, 0.05) is 29.2 Å². The van der Waals surface area contributed by atoms with Crippen molar-refractivity contribution in [1.29, 1.82) is 0 Å². The highest BCUT2D eigenvalue weighted by molar-refractivity contribution is 9.10. The maximum atomic E-state index is 13.5. The van der Waals surface area contributed by atoms with E-state index in [4.69, 9.17) is 5.11 Å². The quantitative estimate of drug-likeness (QED) is 0.901. The summed E-state index contributed by atoms with van der Waals surface area (Å²) >= 11 is 3.33. The summed E-state index contributed by atoms with van der Waals surface area (Å²) in [5, 5.41) is 8.94. The fourth-order valence-corrected chi connectivity index (χ4v) is 1.94. The van der Waals surface area contributed by atoms with Gasteiger partial charge in [-0.1, -0.05) is 15.9 Å². The largest absolute Gasteiger partial charge is 0.395 e. The van der Waals surface area contributed by atoms with E-state index in [9.17, 15) is 4.39 Å². The van der Waals surface area contributed by atoms with Crippen LogP contribution in [0.1, 0.15) is 19.4 Å². The Kier molecular flexibility index (Phi) is 5.38. The van der Waals surface area contributed by atoms with Gasteiger partial charge in [-0.25, -0.2) is 4.39 Å². The maximum absolute atomic E-state index is 13.5. The third-order valence-electron chi connectivity index (χ3n) is 2.50. The highest BCUT2D eigenvalue weighted by Crippen LogP contribution is 2.18. The Morgan fingerprint density at radius 1 is 1.44 bits per heavy atom. The molecule has 1 rings (SSSR count). The van der Waals surface area contributed by atoms with Crippen LogP contribution < -0.4 is 0 Å². The lowest BCUT2D eigenvalue weighted by atomic mass is 10.2. The molecule has 0 heterocycles. The molecule has 0 aliphatic heterocycles. The van der Waals surface area contributed by atoms with Gasteiger partial charge < -0.3 is 5.11 Å². The van der Waals surface area contributed by atoms with E-state index in [2.05, 4.69) is 15.9 Å². The summed E-state index contributed by atoms with van der Waals surface area (Å²) in [6.07, 6.45) is 0. The molecule has 2 nitrogen and oxygen atoms in total. The minimum Gasteiger partial charge on any atom is -0.395 e. The van der Waals surface area contributed by atoms with Crippen LogP contribution in [0.3, 0.4) is 0 Å². The number of aliphatic hydroxyl groups is 1. The molecule has 0 saturated carbocycles. The molecule has 0 aliphatic rings. The van der Waals surface area contributed by atoms with Crippen LogP contribution in [0.2, 0.25) is 0 Å². The van der Waals surface area contributed by atoms with E-state index >= 15 is 0 Å². The summed E-state index contributed by atoms with van der Waals surface area (Å²) < 4.78 is 14.4. The molecule has 0 radical (unpaired) electrons. The van der Waals surface area contributed by atoms with E-state index in [0.29, 0.717) is 18.7 Å². The van der Waals surface area contributed by atoms with Gasteiger partial charge in [0.1, 0.15) is 5.82 Å². The number of nitrogens with zero attached hydrogens (tertiary/aromatic N) is 1. The van der Waals surface area contributed by atoms with Gasteiger partial charge >= 0.3 is 0 Å². The van der Waals surface area contributed by atoms with Gasteiger partial charge in [-0.15, -0.1) is 0 Å². The third-order valence-corrected chi connectivity index (χ3v) is 2.99. The monoisotopic (exact) mass is 289 g/mol. The molecule has 4 heteroatoms. The minimum absolute atomic E-state index is 0.0911. The molecule has 0 amide bonds. The summed E-state index contributed by atoms with van der Waals surface area (Å²) in [5.41, 5.74) is 0.650. The fraction of sp³-hybridized carbons (Fsp3) is 0.500. The normalized spacial score (nSPS) is 11.4. The van der Waals surface area contributed by atoms with Crippen LogP contribution in [0.5, 0.6) is 0 Å². The van der Waals surface area contributed by atoms with E-state index in [-0.39, 0.29) is 18.5 Å². The molecule has 1 aromatic carbocycles. The van der Waals surface area contributed by atoms with Crippen LogP contribution in [0, 0.1) is 5.82 Å². The van der Waals surface area contributed by atoms with E-state index in [0.717, 1.165) is 4.47 Å². The molecule has 0 atom stereocenters. The summed E-state index contributed by atoms with van der Waals surface area (Å²) in [6, 6.07) is 5.20. The number of hydrogen-bond acceptors (Lipinski definition) is 2. The summed E-state index contributed by atoms with van der Waals surface area (Å²) in [5.74, 6) is -0.202. The lowest BCUT2D eigenvalue weighted by molar-refractivity contribution is 0.158. The van der Waals surface area contributed by atoms with E-state index < -0.39 is 0 Å². The average molecular weight is 290 g/mol. The second kappa shape index (κ2) is 6.33. The Morgan fingerprint density at radius 2 is 2.12 bits per heavy atom. The van der Waals surface area contributed by atoms with E-state index in [1.54, 1.807) is 12.1 Å². The summed E-state index contributed by atoms with van der Waals surface area (Å²) in [4.78, 5) is 2.03. The van der Waals surface area contributed by atoms with Crippen molar-refractivity contribution in [3.8, 4) is 0 Å². The number of benzene rings is 1. The standard InChI is InChI=1S/C12H17BrFNO/c1-9(2)15(5-6-16)8-10-7-11(13)3-4-12(10)14/h3-4,7,9,16H,5-6,8H2,1-2H3. The molecule has 0 spiro atoms. The van der Waals surface area contributed by atoms with E-state index in [1.807, 2.05) is 18.7 Å². The lowest BCUT2D eigenvalue weighted by Gasteiger charge is -2.25. The average Bonchev–Trinajstić information content (AvgIpc) is 2.22. The Hall–Kier alpha value is -0.450. The molecule has 16 heavy (non-hydrogen) atoms. The molecule has 1 N–H and O–H groups in total. The van der Waals surface area contributed by atoms with Crippen LogP contribution in [-0.2, 0) is 6.54 Å². The van der Waals surface area contributed by atoms with Crippen molar-refractivity contribution in [2.45, 2.75) is 26.4 Å². The second-order valence-corrected chi connectivity index (χ2v) is 4.94. The van der Waals surface area contributed by atoms with Gasteiger partial charge in [-0.3, -0.25) is 4.90 Å². The van der Waals surface area contributed by atoms with Gasteiger partial charge in [-0.05, 0) is 32.0 Å². The Bertz CT molecular complexity index is 344.